The van der Waals surface area contributed by atoms with Crippen molar-refractivity contribution >= 4 is 5.91 Å². The fourth-order valence-corrected chi connectivity index (χ4v) is 16.1. The summed E-state index contributed by atoms with van der Waals surface area (Å²) < 4.78 is 68.9. The second-order valence-electron chi connectivity index (χ2n) is 33.1. The third-order valence-corrected chi connectivity index (χ3v) is 23.2. The van der Waals surface area contributed by atoms with E-state index < -0.39 is 49.0 Å². The van der Waals surface area contributed by atoms with E-state index in [1.54, 1.807) is 14.2 Å². The minimum Gasteiger partial charge on any atom is -0.497 e. The lowest BCUT2D eigenvalue weighted by Gasteiger charge is -2.46. The maximum atomic E-state index is 15.2. The van der Waals surface area contributed by atoms with E-state index in [9.17, 15) is 0 Å². The number of unbranched alkanes of at least 4 members (excludes halogenated alkanes) is 36. The Balaban J connectivity index is 1.11. The highest BCUT2D eigenvalue weighted by molar-refractivity contribution is 5.76. The highest BCUT2D eigenvalue weighted by atomic mass is 16.7. The Morgan fingerprint density at radius 3 is 1.09 bits per heavy atom. The van der Waals surface area contributed by atoms with Crippen LogP contribution < -0.4 is 14.8 Å². The number of ether oxygens (including phenoxy) is 10. The maximum Gasteiger partial charge on any atom is 0.220 e. The first-order valence-electron chi connectivity index (χ1n) is 46.7. The molecule has 1 fully saturated rings. The zero-order valence-electron chi connectivity index (χ0n) is 73.2. The number of carbonyl (C=O) groups excluding carboxylic acids is 1. The third kappa shape index (κ3) is 43.3. The molecule has 1 aliphatic heterocycles. The summed E-state index contributed by atoms with van der Waals surface area (Å²) in [6.45, 7) is 12.5. The predicted molar refractivity (Wildman–Crippen MR) is 478 cm³/mol. The molecule has 0 aliphatic carbocycles. The van der Waals surface area contributed by atoms with Crippen LogP contribution in [0.2, 0.25) is 0 Å². The largest absolute Gasteiger partial charge is 0.497 e. The van der Waals surface area contributed by atoms with Gasteiger partial charge in [-0.05, 0) is 109 Å². The number of nitrogens with one attached hydrogen (secondary N) is 1. The van der Waals surface area contributed by atoms with Gasteiger partial charge in [-0.15, -0.1) is 0 Å². The zero-order valence-corrected chi connectivity index (χ0v) is 73.2. The summed E-state index contributed by atoms with van der Waals surface area (Å²) in [6, 6.07) is 56.2. The summed E-state index contributed by atoms with van der Waals surface area (Å²) in [5, 5.41) is 3.60. The van der Waals surface area contributed by atoms with Crippen molar-refractivity contribution in [3.8, 4) is 11.5 Å². The number of methoxy groups -OCH3 is 2. The minimum atomic E-state index is -1.04. The van der Waals surface area contributed by atoms with E-state index in [2.05, 4.69) is 91.7 Å². The summed E-state index contributed by atoms with van der Waals surface area (Å²) in [4.78, 5) is 18.0. The van der Waals surface area contributed by atoms with E-state index in [0.29, 0.717) is 32.7 Å². The molecule has 1 amide bonds. The van der Waals surface area contributed by atoms with Gasteiger partial charge in [0.25, 0.3) is 0 Å². The molecule has 6 aromatic carbocycles. The van der Waals surface area contributed by atoms with Crippen LogP contribution in [0.1, 0.15) is 324 Å². The Labute approximate surface area is 705 Å². The van der Waals surface area contributed by atoms with Gasteiger partial charge < -0.3 is 57.6 Å². The number of rotatable bonds is 73. The zero-order chi connectivity index (χ0) is 81.4. The predicted octanol–water partition coefficient (Wildman–Crippen LogP) is 26.1. The lowest BCUT2D eigenvalue weighted by atomic mass is 9.97. The fourth-order valence-electron chi connectivity index (χ4n) is 16.1. The van der Waals surface area contributed by atoms with Gasteiger partial charge in [-0.3, -0.25) is 4.79 Å². The molecule has 0 spiro atoms. The number of nitrogens with zero attached hydrogens (tertiary/aromatic N) is 1. The maximum absolute atomic E-state index is 15.2. The SMILES string of the molecule is CCCCCCCCCCCCCC[C@@H](OCc1ccc(OC)cc1)[C@@H](OCc1ccc(OC)cc1)[C@H](CO[C@H]1O[C@H](COCc2ccccc2)[C@H](OCc2ccccc2)[C@H](OCc2ccccc2)[C@H]1OCc1ccccc1)NC(=O)CCCCCCCCCCN(CCCCCCCCCCCC)CCCCCCCCCCCC. The first kappa shape index (κ1) is 97.2. The average Bonchev–Trinajstić information content (AvgIpc) is 0.784. The molecule has 13 heteroatoms. The fraction of sp³-hybridized carbons (Fsp3) is 0.641. The number of benzene rings is 6. The van der Waals surface area contributed by atoms with Crippen molar-refractivity contribution in [3.05, 3.63) is 203 Å². The van der Waals surface area contributed by atoms with Gasteiger partial charge in [0.05, 0.1) is 79.2 Å². The average molecular weight is 1600 g/mol. The highest BCUT2D eigenvalue weighted by Crippen LogP contribution is 2.34. The van der Waals surface area contributed by atoms with Crippen LogP contribution >= 0.6 is 0 Å². The van der Waals surface area contributed by atoms with Crippen molar-refractivity contribution in [1.29, 1.82) is 0 Å². The third-order valence-electron chi connectivity index (χ3n) is 23.2. The molecule has 0 unspecified atom stereocenters. The van der Waals surface area contributed by atoms with E-state index in [-0.39, 0.29) is 38.9 Å². The normalized spacial score (nSPS) is 16.4. The quantitative estimate of drug-likeness (QED) is 0.0366. The Hall–Kier alpha value is -5.97. The number of amides is 1. The molecular weight excluding hydrogens is 1440 g/mol. The molecule has 0 radical (unpaired) electrons. The Morgan fingerprint density at radius 2 is 0.690 bits per heavy atom. The minimum absolute atomic E-state index is 0.00929. The standard InChI is InChI=1S/C103H158N2O11/c1-6-9-12-15-18-21-24-25-26-31-36-53-66-96(110-80-91-68-72-93(107-4)73-69-91)99(111-84-92-70-74-94(108-5)75-71-92)95(104-98(106)67-54-37-32-27-30-35-40-57-78-105(76-55-38-33-28-22-19-16-13-10-7-2)77-56-39-34-29-23-20-17-14-11-8-3)85-115-103-102(114-83-90-64-51-44-52-65-90)101(113-82-89-62-49-43-50-63-89)100(112-81-88-60-47-42-48-61-88)97(116-103)86-109-79-87-58-45-41-46-59-87/h41-52,58-65,68-75,95-97,99-103H,6-40,53-57,66-67,76-86H2,1-5H3,(H,104,106)/t95-,96+,97+,99-,100-,101-,102+,103-/m0/s1. The van der Waals surface area contributed by atoms with Crippen LogP contribution in [0.3, 0.4) is 0 Å². The van der Waals surface area contributed by atoms with Crippen LogP contribution in [-0.2, 0) is 82.3 Å². The molecule has 0 aromatic heterocycles. The summed E-state index contributed by atoms with van der Waals surface area (Å²) in [7, 11) is 3.38. The van der Waals surface area contributed by atoms with Gasteiger partial charge in [0.15, 0.2) is 6.29 Å². The molecule has 13 nitrogen and oxygen atoms in total. The Morgan fingerprint density at radius 1 is 0.353 bits per heavy atom. The van der Waals surface area contributed by atoms with Crippen LogP contribution in [0.4, 0.5) is 0 Å². The molecule has 7 rings (SSSR count). The monoisotopic (exact) mass is 1600 g/mol. The van der Waals surface area contributed by atoms with Gasteiger partial charge in [0.1, 0.15) is 42.0 Å². The van der Waals surface area contributed by atoms with Crippen LogP contribution in [0.5, 0.6) is 11.5 Å². The van der Waals surface area contributed by atoms with Gasteiger partial charge in [0.2, 0.25) is 5.91 Å². The summed E-state index contributed by atoms with van der Waals surface area (Å²) in [5.74, 6) is 1.49. The van der Waals surface area contributed by atoms with E-state index in [4.69, 9.17) is 47.4 Å². The van der Waals surface area contributed by atoms with Crippen molar-refractivity contribution in [2.75, 3.05) is 47.1 Å². The van der Waals surface area contributed by atoms with Gasteiger partial charge in [0, 0.05) is 6.42 Å². The van der Waals surface area contributed by atoms with Gasteiger partial charge in [-0.2, -0.15) is 0 Å². The van der Waals surface area contributed by atoms with E-state index >= 15 is 4.79 Å². The van der Waals surface area contributed by atoms with E-state index in [1.165, 1.54) is 238 Å². The number of hydrogen-bond donors (Lipinski definition) is 1. The first-order valence-corrected chi connectivity index (χ1v) is 46.7. The van der Waals surface area contributed by atoms with Gasteiger partial charge in [-0.25, -0.2) is 0 Å². The van der Waals surface area contributed by atoms with Crippen molar-refractivity contribution in [1.82, 2.24) is 10.2 Å². The van der Waals surface area contributed by atoms with Gasteiger partial charge >= 0.3 is 0 Å². The summed E-state index contributed by atoms with van der Waals surface area (Å²) in [6.07, 6.45) is 47.5. The molecule has 8 atom stereocenters. The van der Waals surface area contributed by atoms with Crippen molar-refractivity contribution in [2.45, 2.75) is 379 Å². The molecule has 646 valence electrons. The van der Waals surface area contributed by atoms with Crippen LogP contribution in [0.25, 0.3) is 0 Å². The van der Waals surface area contributed by atoms with E-state index in [0.717, 1.165) is 83.4 Å². The topological polar surface area (TPSA) is 125 Å². The first-order chi connectivity index (χ1) is 57.4. The second kappa shape index (κ2) is 64.9. The molecule has 1 saturated heterocycles. The molecule has 1 heterocycles. The van der Waals surface area contributed by atoms with Crippen LogP contribution in [0, 0.1) is 0 Å². The molecule has 1 aliphatic rings. The molecule has 0 bridgehead atoms. The number of hydrogen-bond acceptors (Lipinski definition) is 12. The van der Waals surface area contributed by atoms with Gasteiger partial charge in [-0.1, -0.05) is 398 Å². The van der Waals surface area contributed by atoms with Crippen molar-refractivity contribution in [3.63, 3.8) is 0 Å². The van der Waals surface area contributed by atoms with Crippen LogP contribution in [-0.4, -0.2) is 107 Å². The second-order valence-corrected chi connectivity index (χ2v) is 33.1. The molecule has 116 heavy (non-hydrogen) atoms. The molecular formula is C103H158N2O11. The lowest BCUT2D eigenvalue weighted by molar-refractivity contribution is -0.330. The molecule has 6 aromatic rings. The Bertz CT molecular complexity index is 3200. The highest BCUT2D eigenvalue weighted by Gasteiger charge is 2.50. The molecule has 0 saturated carbocycles. The number of carbonyl (C=O) groups is 1. The summed E-state index contributed by atoms with van der Waals surface area (Å²) >= 11 is 0. The van der Waals surface area contributed by atoms with Crippen LogP contribution in [0.15, 0.2) is 170 Å². The molecule has 1 N–H and O–H groups in total. The lowest BCUT2D eigenvalue weighted by Crippen LogP contribution is -2.62. The van der Waals surface area contributed by atoms with Crippen molar-refractivity contribution < 1.29 is 52.2 Å². The summed E-state index contributed by atoms with van der Waals surface area (Å²) in [5.41, 5.74) is 6.00. The van der Waals surface area contributed by atoms with E-state index in [1.807, 2.05) is 109 Å². The van der Waals surface area contributed by atoms with Crippen molar-refractivity contribution in [2.24, 2.45) is 0 Å². The smallest absolute Gasteiger partial charge is 0.220 e. The Kier molecular flexibility index (Phi) is 54.3.